The van der Waals surface area contributed by atoms with E-state index in [1.54, 1.807) is 81.1 Å². The van der Waals surface area contributed by atoms with Crippen LogP contribution >= 0.6 is 0 Å². The van der Waals surface area contributed by atoms with Gasteiger partial charge >= 0.3 is 30.5 Å². The fourth-order valence-corrected chi connectivity index (χ4v) is 14.3. The Labute approximate surface area is 612 Å². The second kappa shape index (κ2) is 33.4. The number of alkyl halides is 6. The maximum Gasteiger partial charge on any atom is 0.416 e. The van der Waals surface area contributed by atoms with Crippen LogP contribution in [0.1, 0.15) is 125 Å². The monoisotopic (exact) mass is 1470 g/mol. The van der Waals surface area contributed by atoms with Crippen LogP contribution in [-0.2, 0) is 71.4 Å². The van der Waals surface area contributed by atoms with Gasteiger partial charge in [0, 0.05) is 95.0 Å². The number of nitrogens with zero attached hydrogens (tertiary/aromatic N) is 6. The van der Waals surface area contributed by atoms with Gasteiger partial charge in [-0.25, -0.2) is 14.0 Å². The van der Waals surface area contributed by atoms with Crippen molar-refractivity contribution in [1.82, 2.24) is 29.4 Å². The van der Waals surface area contributed by atoms with Crippen LogP contribution in [0, 0.1) is 5.82 Å². The number of piperidine rings is 2. The highest BCUT2D eigenvalue weighted by Crippen LogP contribution is 2.49. The topological polar surface area (TPSA) is 180 Å². The summed E-state index contributed by atoms with van der Waals surface area (Å²) in [6.07, 6.45) is -8.21. The molecule has 5 amide bonds. The number of para-hydroxylation sites is 1. The number of carbonyl (C=O) groups is 6. The lowest BCUT2D eigenvalue weighted by atomic mass is 9.72. The zero-order chi connectivity index (χ0) is 75.6. The largest absolute Gasteiger partial charge is 0.446 e. The third-order valence-electron chi connectivity index (χ3n) is 20.2. The third-order valence-corrected chi connectivity index (χ3v) is 20.2. The number of rotatable bonds is 24. The van der Waals surface area contributed by atoms with Crippen molar-refractivity contribution in [2.24, 2.45) is 0 Å². The fraction of sp³-hybridized carbons (Fsp3) is 0.407. The molecule has 0 radical (unpaired) electrons. The molecule has 0 saturated carbocycles. The summed E-state index contributed by atoms with van der Waals surface area (Å²) in [6, 6.07) is 45.6. The highest BCUT2D eigenvalue weighted by Gasteiger charge is 2.50. The lowest BCUT2D eigenvalue weighted by molar-refractivity contribution is -0.143. The Bertz CT molecular complexity index is 4190. The van der Waals surface area contributed by atoms with E-state index in [1.165, 1.54) is 29.2 Å². The molecule has 1 spiro atoms. The molecule has 3 heterocycles. The third kappa shape index (κ3) is 19.7. The SMILES string of the molecule is CN(CCCC(=O)Oc1ccc(CN(Cc2ccc(C(=O)N(C)CCN3CCC(OC(=O)Nc4ccccc4-c4ccccc4)CC3)cc2)C(=O)OC(C)(C)C)cc1)C(=O)CO[C@H]1Cc2ccccc2C12CCN(CC[C@@]1(c3ccc(F)cc3)CN(C(=O)c3cc(C(F)(F)F)cc(C(F)(F)F)c3)CO1)CC2. The summed E-state index contributed by atoms with van der Waals surface area (Å²) in [7, 11) is 3.41. The van der Waals surface area contributed by atoms with Gasteiger partial charge in [-0.2, -0.15) is 26.3 Å². The normalized spacial score (nSPS) is 17.7. The molecule has 3 saturated heterocycles. The number of amides is 5. The lowest BCUT2D eigenvalue weighted by Crippen LogP contribution is -2.50. The van der Waals surface area contributed by atoms with Crippen LogP contribution in [0.25, 0.3) is 11.1 Å². The molecule has 3 fully saturated rings. The number of halogens is 7. The summed E-state index contributed by atoms with van der Waals surface area (Å²) in [4.78, 5) is 91.2. The van der Waals surface area contributed by atoms with Crippen molar-refractivity contribution in [3.05, 3.63) is 226 Å². The number of hydrogen-bond donors (Lipinski definition) is 1. The minimum Gasteiger partial charge on any atom is -0.446 e. The first-order chi connectivity index (χ1) is 50.5. The van der Waals surface area contributed by atoms with E-state index < -0.39 is 82.3 Å². The molecule has 18 nitrogen and oxygen atoms in total. The van der Waals surface area contributed by atoms with Gasteiger partial charge in [0.05, 0.1) is 29.5 Å². The average molecular weight is 1470 g/mol. The zero-order valence-corrected chi connectivity index (χ0v) is 60.0. The van der Waals surface area contributed by atoms with Crippen molar-refractivity contribution >= 4 is 41.6 Å². The number of carbonyl (C=O) groups excluding carboxylic acids is 6. The number of likely N-dealkylation sites (N-methyl/N-ethyl adjacent to an activating group) is 2. The highest BCUT2D eigenvalue weighted by atomic mass is 19.4. The average Bonchev–Trinajstić information content (AvgIpc) is 1.58. The molecular formula is C81H88F7N7O11. The summed E-state index contributed by atoms with van der Waals surface area (Å²) >= 11 is 0. The Morgan fingerprint density at radius 3 is 1.92 bits per heavy atom. The smallest absolute Gasteiger partial charge is 0.416 e. The van der Waals surface area contributed by atoms with E-state index in [2.05, 4.69) is 27.2 Å². The molecule has 0 aromatic heterocycles. The van der Waals surface area contributed by atoms with E-state index in [9.17, 15) is 59.5 Å². The van der Waals surface area contributed by atoms with E-state index in [4.69, 9.17) is 23.7 Å². The second-order valence-electron chi connectivity index (χ2n) is 28.8. The molecule has 4 aliphatic rings. The first kappa shape index (κ1) is 77.4. The minimum absolute atomic E-state index is 0.0105. The van der Waals surface area contributed by atoms with Crippen LogP contribution < -0.4 is 10.1 Å². The molecule has 3 aliphatic heterocycles. The number of ether oxygens (including phenoxy) is 5. The summed E-state index contributed by atoms with van der Waals surface area (Å²) in [5.41, 5.74) is 0.715. The van der Waals surface area contributed by atoms with Crippen molar-refractivity contribution in [3.8, 4) is 16.9 Å². The number of likely N-dealkylation sites (tertiary alicyclic amines) is 2. The molecule has 0 bridgehead atoms. The van der Waals surface area contributed by atoms with Crippen LogP contribution in [0.5, 0.6) is 5.75 Å². The predicted molar refractivity (Wildman–Crippen MR) is 383 cm³/mol. The summed E-state index contributed by atoms with van der Waals surface area (Å²) in [6.45, 7) is 9.14. The number of fused-ring (bicyclic) bond motifs is 2. The molecule has 1 N–H and O–H groups in total. The van der Waals surface area contributed by atoms with Crippen LogP contribution in [0.4, 0.5) is 46.0 Å². The summed E-state index contributed by atoms with van der Waals surface area (Å²) in [5, 5.41) is 2.92. The van der Waals surface area contributed by atoms with Crippen molar-refractivity contribution in [1.29, 1.82) is 0 Å². The van der Waals surface area contributed by atoms with E-state index >= 15 is 0 Å². The first-order valence-corrected chi connectivity index (χ1v) is 35.6. The predicted octanol–water partition coefficient (Wildman–Crippen LogP) is 14.8. The Hall–Kier alpha value is -9.69. The van der Waals surface area contributed by atoms with Crippen molar-refractivity contribution in [2.75, 3.05) is 91.7 Å². The van der Waals surface area contributed by atoms with Crippen molar-refractivity contribution in [3.63, 3.8) is 0 Å². The number of anilines is 1. The molecule has 11 rings (SSSR count). The number of esters is 1. The van der Waals surface area contributed by atoms with Gasteiger partial charge < -0.3 is 48.2 Å². The molecule has 7 aromatic rings. The molecule has 0 unspecified atom stereocenters. The van der Waals surface area contributed by atoms with Gasteiger partial charge in [0.2, 0.25) is 5.91 Å². The number of hydrogen-bond acceptors (Lipinski definition) is 13. The molecule has 562 valence electrons. The summed E-state index contributed by atoms with van der Waals surface area (Å²) in [5.74, 6) is -2.27. The quantitative estimate of drug-likeness (QED) is 0.0343. The van der Waals surface area contributed by atoms with Crippen molar-refractivity contribution < 1.29 is 83.2 Å². The van der Waals surface area contributed by atoms with E-state index in [0.29, 0.717) is 119 Å². The second-order valence-corrected chi connectivity index (χ2v) is 28.8. The molecule has 2 atom stereocenters. The fourth-order valence-electron chi connectivity index (χ4n) is 14.3. The van der Waals surface area contributed by atoms with Crippen LogP contribution in [0.2, 0.25) is 0 Å². The van der Waals surface area contributed by atoms with E-state index in [0.717, 1.165) is 38.3 Å². The van der Waals surface area contributed by atoms with Crippen LogP contribution in [0.3, 0.4) is 0 Å². The molecule has 106 heavy (non-hydrogen) atoms. The summed E-state index contributed by atoms with van der Waals surface area (Å²) < 4.78 is 127. The minimum atomic E-state index is -5.16. The lowest BCUT2D eigenvalue weighted by Gasteiger charge is -2.44. The van der Waals surface area contributed by atoms with Gasteiger partial charge in [0.15, 0.2) is 0 Å². The molecule has 1 aliphatic carbocycles. The van der Waals surface area contributed by atoms with E-state index in [-0.39, 0.29) is 75.7 Å². The van der Waals surface area contributed by atoms with Gasteiger partial charge in [-0.05, 0) is 173 Å². The van der Waals surface area contributed by atoms with Gasteiger partial charge in [-0.15, -0.1) is 0 Å². The van der Waals surface area contributed by atoms with Gasteiger partial charge in [0.1, 0.15) is 42.2 Å². The number of nitrogens with one attached hydrogen (secondary N) is 1. The van der Waals surface area contributed by atoms with Gasteiger partial charge in [0.25, 0.3) is 11.8 Å². The zero-order valence-electron chi connectivity index (χ0n) is 60.0. The number of benzene rings is 7. The maximum absolute atomic E-state index is 14.3. The maximum atomic E-state index is 14.3. The first-order valence-electron chi connectivity index (χ1n) is 35.6. The Morgan fingerprint density at radius 1 is 0.660 bits per heavy atom. The van der Waals surface area contributed by atoms with Gasteiger partial charge in [-0.3, -0.25) is 29.4 Å². The van der Waals surface area contributed by atoms with Crippen molar-refractivity contribution in [2.45, 2.75) is 126 Å². The molecule has 7 aromatic carbocycles. The van der Waals surface area contributed by atoms with Crippen LogP contribution in [-0.4, -0.2) is 169 Å². The van der Waals surface area contributed by atoms with Crippen LogP contribution in [0.15, 0.2) is 170 Å². The Kier molecular flexibility index (Phi) is 24.4. The standard InChI is InChI=1S/C81H88F7N7O11/c1-77(2,3)106-76(101)94(50-55-21-25-58(26-22-55)73(98)91(5)44-45-92-39-33-66(34-40-92)105-75(100)89-69-19-12-10-17-67(69)57-14-7-6-8-15-57)51-56-23-31-65(32-24-56)104-72(97)20-13-38-90(4)71(96)52-102-70-48-59-16-9-11-18-68(59)78(70)35-41-93(42-36-78)43-37-79(61-27-29-64(82)30-28-61)53-95(54-103-79)74(99)60-46-62(80(83,84)85)49-63(47-60)81(86,87)88/h6-12,14-19,21-32,46-47,49,66,70H,13,20,33-45,48,50-54H2,1-5H3,(H,89,100)/t70-,79-/m0/s1. The Balaban J connectivity index is 0.612. The van der Waals surface area contributed by atoms with Gasteiger partial charge in [-0.1, -0.05) is 109 Å². The molecule has 25 heteroatoms. The highest BCUT2D eigenvalue weighted by molar-refractivity contribution is 5.95. The van der Waals surface area contributed by atoms with E-state index in [1.807, 2.05) is 78.9 Å². The Morgan fingerprint density at radius 2 is 1.27 bits per heavy atom. The molecular weight excluding hydrogens is 1380 g/mol.